The highest BCUT2D eigenvalue weighted by Gasteiger charge is 2.41. The smallest absolute Gasteiger partial charge is 0.249 e. The van der Waals surface area contributed by atoms with Crippen molar-refractivity contribution in [2.75, 3.05) is 34.0 Å². The normalized spacial score (nSPS) is 18.7. The lowest BCUT2D eigenvalue weighted by molar-refractivity contribution is -0.143. The molecule has 0 aromatic heterocycles. The molecule has 0 spiro atoms. The molecule has 2 amide bonds. The number of methoxy groups -OCH3 is 2. The van der Waals surface area contributed by atoms with Crippen molar-refractivity contribution in [1.82, 2.24) is 10.2 Å². The summed E-state index contributed by atoms with van der Waals surface area (Å²) in [5.74, 6) is -0.0923. The van der Waals surface area contributed by atoms with Crippen LogP contribution in [-0.4, -0.2) is 84.3 Å². The van der Waals surface area contributed by atoms with E-state index in [-0.39, 0.29) is 45.2 Å². The zero-order valence-electron chi connectivity index (χ0n) is 22.2. The Kier molecular flexibility index (Phi) is 11.5. The summed E-state index contributed by atoms with van der Waals surface area (Å²) in [4.78, 5) is 27.7. The molecule has 2 aromatic carbocycles. The Morgan fingerprint density at radius 1 is 1.13 bits per heavy atom. The highest BCUT2D eigenvalue weighted by Crippen LogP contribution is 2.37. The first kappa shape index (κ1) is 30.8. The molecule has 0 bridgehead atoms. The number of amides is 2. The first-order valence-corrected chi connectivity index (χ1v) is 13.6. The third-order valence-corrected chi connectivity index (χ3v) is 7.20. The van der Waals surface area contributed by atoms with Crippen LogP contribution >= 0.6 is 22.6 Å². The van der Waals surface area contributed by atoms with Crippen LogP contribution in [0.4, 0.5) is 0 Å². The number of carbonyl (C=O) groups is 2. The third-order valence-electron chi connectivity index (χ3n) is 6.40. The summed E-state index contributed by atoms with van der Waals surface area (Å²) in [6.45, 7) is 1.59. The maximum atomic E-state index is 13.2. The minimum Gasteiger partial charge on any atom is -0.493 e. The van der Waals surface area contributed by atoms with Gasteiger partial charge in [0.05, 0.1) is 29.9 Å². The van der Waals surface area contributed by atoms with Crippen LogP contribution in [0.3, 0.4) is 0 Å². The summed E-state index contributed by atoms with van der Waals surface area (Å²) < 4.78 is 17.5. The zero-order chi connectivity index (χ0) is 28.5. The van der Waals surface area contributed by atoms with Gasteiger partial charge in [-0.3, -0.25) is 9.59 Å². The van der Waals surface area contributed by atoms with Crippen molar-refractivity contribution < 1.29 is 39.1 Å². The predicted molar refractivity (Wildman–Crippen MR) is 152 cm³/mol. The number of aryl methyl sites for hydroxylation is 1. The number of aliphatic hydroxyl groups is 3. The average molecular weight is 654 g/mol. The van der Waals surface area contributed by atoms with Crippen LogP contribution in [0.15, 0.2) is 48.0 Å². The van der Waals surface area contributed by atoms with Crippen LogP contribution in [0.5, 0.6) is 11.5 Å². The fraction of sp³-hybridized carbons (Fsp3) is 0.429. The molecule has 212 valence electrons. The molecule has 4 N–H and O–H groups in total. The summed E-state index contributed by atoms with van der Waals surface area (Å²) in [5.41, 5.74) is 2.86. The Morgan fingerprint density at radius 2 is 1.85 bits per heavy atom. The topological polar surface area (TPSA) is 138 Å². The minimum absolute atomic E-state index is 0.0545. The second-order valence-corrected chi connectivity index (χ2v) is 10.4. The summed E-state index contributed by atoms with van der Waals surface area (Å²) in [6.07, 6.45) is -0.619. The number of benzene rings is 2. The lowest BCUT2D eigenvalue weighted by Crippen LogP contribution is -2.55. The van der Waals surface area contributed by atoms with Gasteiger partial charge in [-0.15, -0.1) is 0 Å². The standard InChI is InChI=1S/C28H35IN2O8/c1-17-4-6-18(7-5-17)14-31(25(34)16-37-2)22-12-20(28(36)30-8-9-32)13-23(26(22)35)39-27-21(29)10-19(15-33)11-24(27)38-3/h4-7,10-11,13,22-23,26,32-33,35H,8-9,12,14-16H2,1-3H3,(H,30,36). The van der Waals surface area contributed by atoms with Crippen molar-refractivity contribution in [2.24, 2.45) is 0 Å². The molecule has 0 saturated carbocycles. The van der Waals surface area contributed by atoms with Gasteiger partial charge >= 0.3 is 0 Å². The van der Waals surface area contributed by atoms with Crippen LogP contribution < -0.4 is 14.8 Å². The van der Waals surface area contributed by atoms with Crippen LogP contribution in [0.2, 0.25) is 0 Å². The molecule has 10 nitrogen and oxygen atoms in total. The zero-order valence-corrected chi connectivity index (χ0v) is 24.4. The number of ether oxygens (including phenoxy) is 3. The van der Waals surface area contributed by atoms with Crippen LogP contribution in [-0.2, 0) is 27.5 Å². The van der Waals surface area contributed by atoms with Crippen molar-refractivity contribution in [3.63, 3.8) is 0 Å². The summed E-state index contributed by atoms with van der Waals surface area (Å²) in [7, 11) is 2.89. The Hall–Kier alpha value is -2.71. The number of hydrogen-bond acceptors (Lipinski definition) is 8. The van der Waals surface area contributed by atoms with Gasteiger partial charge in [-0.2, -0.15) is 0 Å². The van der Waals surface area contributed by atoms with Gasteiger partial charge in [0.25, 0.3) is 0 Å². The molecular formula is C28H35IN2O8. The number of halogens is 1. The first-order valence-electron chi connectivity index (χ1n) is 12.5. The Labute approximate surface area is 241 Å². The molecular weight excluding hydrogens is 619 g/mol. The van der Waals surface area contributed by atoms with E-state index in [1.165, 1.54) is 25.2 Å². The van der Waals surface area contributed by atoms with Crippen LogP contribution in [0.25, 0.3) is 0 Å². The average Bonchev–Trinajstić information content (AvgIpc) is 2.93. The van der Waals surface area contributed by atoms with Gasteiger partial charge in [-0.05, 0) is 58.9 Å². The predicted octanol–water partition coefficient (Wildman–Crippen LogP) is 1.69. The van der Waals surface area contributed by atoms with E-state index in [9.17, 15) is 24.9 Å². The van der Waals surface area contributed by atoms with Gasteiger partial charge in [0.15, 0.2) is 11.5 Å². The molecule has 0 saturated heterocycles. The van der Waals surface area contributed by atoms with Gasteiger partial charge in [0.1, 0.15) is 18.8 Å². The number of hydrogen-bond donors (Lipinski definition) is 4. The number of nitrogens with one attached hydrogen (secondary N) is 1. The van der Waals surface area contributed by atoms with Crippen molar-refractivity contribution in [1.29, 1.82) is 0 Å². The molecule has 0 radical (unpaired) electrons. The molecule has 3 atom stereocenters. The van der Waals surface area contributed by atoms with Crippen molar-refractivity contribution in [3.8, 4) is 11.5 Å². The monoisotopic (exact) mass is 654 g/mol. The van der Waals surface area contributed by atoms with E-state index in [0.717, 1.165) is 11.1 Å². The quantitative estimate of drug-likeness (QED) is 0.254. The van der Waals surface area contributed by atoms with Gasteiger partial charge in [0.2, 0.25) is 11.8 Å². The second kappa shape index (κ2) is 14.6. The van der Waals surface area contributed by atoms with E-state index in [0.29, 0.717) is 26.2 Å². The second-order valence-electron chi connectivity index (χ2n) is 9.22. The summed E-state index contributed by atoms with van der Waals surface area (Å²) in [6, 6.07) is 10.2. The van der Waals surface area contributed by atoms with Gasteiger partial charge in [-0.25, -0.2) is 0 Å². The largest absolute Gasteiger partial charge is 0.493 e. The maximum Gasteiger partial charge on any atom is 0.249 e. The molecule has 0 heterocycles. The Bertz CT molecular complexity index is 1170. The van der Waals surface area contributed by atoms with Gasteiger partial charge in [0, 0.05) is 32.2 Å². The Morgan fingerprint density at radius 3 is 2.46 bits per heavy atom. The molecule has 1 aliphatic rings. The highest BCUT2D eigenvalue weighted by molar-refractivity contribution is 14.1. The minimum atomic E-state index is -1.20. The Balaban J connectivity index is 2.02. The summed E-state index contributed by atoms with van der Waals surface area (Å²) >= 11 is 2.05. The van der Waals surface area contributed by atoms with Gasteiger partial charge < -0.3 is 39.7 Å². The molecule has 0 fully saturated rings. The number of rotatable bonds is 12. The molecule has 39 heavy (non-hydrogen) atoms. The maximum absolute atomic E-state index is 13.2. The molecule has 2 aromatic rings. The SMILES string of the molecule is COCC(=O)N(Cc1ccc(C)cc1)C1CC(C(=O)NCCO)=CC(Oc2c(I)cc(CO)cc2OC)C1O. The van der Waals surface area contributed by atoms with E-state index in [2.05, 4.69) is 5.32 Å². The van der Waals surface area contributed by atoms with E-state index >= 15 is 0 Å². The lowest BCUT2D eigenvalue weighted by Gasteiger charge is -2.40. The van der Waals surface area contributed by atoms with E-state index < -0.39 is 24.2 Å². The van der Waals surface area contributed by atoms with E-state index in [1.807, 2.05) is 53.8 Å². The number of nitrogens with zero attached hydrogens (tertiary/aromatic N) is 1. The fourth-order valence-electron chi connectivity index (χ4n) is 4.38. The number of aliphatic hydroxyl groups excluding tert-OH is 3. The molecule has 3 unspecified atom stereocenters. The van der Waals surface area contributed by atoms with Crippen molar-refractivity contribution >= 4 is 34.4 Å². The van der Waals surface area contributed by atoms with E-state index in [1.54, 1.807) is 12.1 Å². The van der Waals surface area contributed by atoms with Crippen LogP contribution in [0.1, 0.15) is 23.1 Å². The molecule has 11 heteroatoms. The van der Waals surface area contributed by atoms with Crippen LogP contribution in [0, 0.1) is 10.5 Å². The van der Waals surface area contributed by atoms with Crippen molar-refractivity contribution in [3.05, 3.63) is 68.3 Å². The van der Waals surface area contributed by atoms with Crippen molar-refractivity contribution in [2.45, 2.75) is 44.7 Å². The molecule has 0 aliphatic heterocycles. The highest BCUT2D eigenvalue weighted by atomic mass is 127. The lowest BCUT2D eigenvalue weighted by atomic mass is 9.87. The molecule has 3 rings (SSSR count). The first-order chi connectivity index (χ1) is 18.7. The molecule has 1 aliphatic carbocycles. The fourth-order valence-corrected chi connectivity index (χ4v) is 5.17. The number of carbonyl (C=O) groups excluding carboxylic acids is 2. The third kappa shape index (κ3) is 7.92. The summed E-state index contributed by atoms with van der Waals surface area (Å²) in [5, 5.41) is 33.0. The van der Waals surface area contributed by atoms with Gasteiger partial charge in [-0.1, -0.05) is 29.8 Å². The van der Waals surface area contributed by atoms with E-state index in [4.69, 9.17) is 14.2 Å².